The number of carbonyl (C=O) groups is 1. The van der Waals surface area contributed by atoms with Crippen molar-refractivity contribution in [2.24, 2.45) is 28.8 Å². The maximum absolute atomic E-state index is 14.9. The molecule has 9 nitrogen and oxygen atoms in total. The maximum atomic E-state index is 14.9. The molecule has 2 saturated carbocycles. The molecule has 0 saturated heterocycles. The third-order valence-corrected chi connectivity index (χ3v) is 11.9. The van der Waals surface area contributed by atoms with E-state index in [2.05, 4.69) is 43.0 Å². The number of phenolic OH excluding ortho intramolecular Hbond substituents is 1. The summed E-state index contributed by atoms with van der Waals surface area (Å²) < 4.78 is 14.4. The van der Waals surface area contributed by atoms with Crippen molar-refractivity contribution < 1.29 is 34.4 Å². The van der Waals surface area contributed by atoms with E-state index in [0.717, 1.165) is 71.7 Å². The SMILES string of the molecule is C=CCOC12Oc3ccc(O)cc3C3C(CCCCO)C(CCCCO)C=C(C(=NOC(C)(C)C)CC1N(Cc1cccc4ccccc14)C(=O)C1CC1)C32. The first-order valence-corrected chi connectivity index (χ1v) is 20.3. The predicted molar refractivity (Wildman–Crippen MR) is 215 cm³/mol. The van der Waals surface area contributed by atoms with Crippen molar-refractivity contribution in [2.45, 2.75) is 108 Å². The van der Waals surface area contributed by atoms with Crippen molar-refractivity contribution >= 4 is 22.4 Å². The van der Waals surface area contributed by atoms with Crippen LogP contribution in [0.4, 0.5) is 0 Å². The van der Waals surface area contributed by atoms with Gasteiger partial charge >= 0.3 is 0 Å². The van der Waals surface area contributed by atoms with Crippen LogP contribution < -0.4 is 4.74 Å². The summed E-state index contributed by atoms with van der Waals surface area (Å²) in [5, 5.41) is 37.8. The molecule has 3 aromatic carbocycles. The molecule has 4 aliphatic rings. The smallest absolute Gasteiger partial charge is 0.239 e. The number of aromatic hydroxyl groups is 1. The topological polar surface area (TPSA) is 121 Å². The van der Waals surface area contributed by atoms with Crippen LogP contribution in [-0.2, 0) is 20.9 Å². The molecule has 3 aromatic rings. The lowest BCUT2D eigenvalue weighted by molar-refractivity contribution is -0.258. The Balaban J connectivity index is 1.47. The number of carbonyl (C=O) groups excluding carboxylic acids is 1. The lowest BCUT2D eigenvalue weighted by atomic mass is 9.55. The van der Waals surface area contributed by atoms with E-state index in [1.165, 1.54) is 0 Å². The average molecular weight is 751 g/mol. The van der Waals surface area contributed by atoms with E-state index >= 15 is 0 Å². The molecule has 55 heavy (non-hydrogen) atoms. The van der Waals surface area contributed by atoms with E-state index in [1.807, 2.05) is 49.9 Å². The molecule has 0 aromatic heterocycles. The normalized spacial score (nSPS) is 26.5. The molecule has 0 spiro atoms. The minimum atomic E-state index is -1.34. The summed E-state index contributed by atoms with van der Waals surface area (Å²) in [6.45, 7) is 10.8. The Morgan fingerprint density at radius 1 is 1.02 bits per heavy atom. The standard InChI is InChI=1S/C46H58N2O7/c1-5-25-53-46-41(48(44(52)31-19-20-31)29-33-16-12-15-30-13-6-7-17-35(30)33)28-39(47-55-45(2,3)4)37-26-32(14-8-10-23-49)36(18-9-11-24-50)42(43(37)46)38-27-34(51)21-22-40(38)54-46/h5-7,12-13,15-17,21-22,26-27,31-32,36,41-43,49-51H,1,8-11,14,18-20,23-25,28-29H2,2-4H3. The third-order valence-electron chi connectivity index (χ3n) is 11.9. The van der Waals surface area contributed by atoms with Crippen LogP contribution in [0, 0.1) is 23.7 Å². The van der Waals surface area contributed by atoms with Crippen molar-refractivity contribution in [2.75, 3.05) is 19.8 Å². The van der Waals surface area contributed by atoms with Gasteiger partial charge in [-0.05, 0) is 111 Å². The lowest BCUT2D eigenvalue weighted by Gasteiger charge is -2.60. The molecule has 6 unspecified atom stereocenters. The summed E-state index contributed by atoms with van der Waals surface area (Å²) >= 11 is 0. The molecule has 7 rings (SSSR count). The molecular formula is C46H58N2O7. The van der Waals surface area contributed by atoms with Gasteiger partial charge in [-0.2, -0.15) is 0 Å². The molecule has 294 valence electrons. The van der Waals surface area contributed by atoms with E-state index in [4.69, 9.17) is 19.5 Å². The van der Waals surface area contributed by atoms with Crippen molar-refractivity contribution in [3.05, 3.63) is 96.1 Å². The number of benzene rings is 3. The van der Waals surface area contributed by atoms with Gasteiger partial charge in [0.2, 0.25) is 11.7 Å². The summed E-state index contributed by atoms with van der Waals surface area (Å²) in [5.74, 6) is -0.949. The summed E-state index contributed by atoms with van der Waals surface area (Å²) in [6, 6.07) is 19.3. The van der Waals surface area contributed by atoms with Crippen LogP contribution in [0.25, 0.3) is 10.8 Å². The summed E-state index contributed by atoms with van der Waals surface area (Å²) in [6.07, 6.45) is 10.9. The summed E-state index contributed by atoms with van der Waals surface area (Å²) in [5.41, 5.74) is 3.14. The van der Waals surface area contributed by atoms with E-state index in [-0.39, 0.29) is 55.1 Å². The number of unbranched alkanes of at least 4 members (excludes halogenated alkanes) is 2. The summed E-state index contributed by atoms with van der Waals surface area (Å²) in [4.78, 5) is 23.1. The zero-order valence-corrected chi connectivity index (χ0v) is 32.7. The highest BCUT2D eigenvalue weighted by atomic mass is 16.7. The molecule has 6 atom stereocenters. The molecule has 2 fully saturated rings. The molecule has 1 heterocycles. The molecule has 1 amide bonds. The highest BCUT2D eigenvalue weighted by Crippen LogP contribution is 2.62. The van der Waals surface area contributed by atoms with Crippen LogP contribution in [0.2, 0.25) is 0 Å². The number of amides is 1. The Kier molecular flexibility index (Phi) is 11.7. The second-order valence-corrected chi connectivity index (χ2v) is 16.9. The van der Waals surface area contributed by atoms with Gasteiger partial charge < -0.3 is 34.5 Å². The Morgan fingerprint density at radius 3 is 2.49 bits per heavy atom. The van der Waals surface area contributed by atoms with Crippen molar-refractivity contribution in [3.8, 4) is 11.5 Å². The number of aliphatic hydroxyl groups excluding tert-OH is 2. The van der Waals surface area contributed by atoms with E-state index in [9.17, 15) is 20.1 Å². The Bertz CT molecular complexity index is 1910. The predicted octanol–water partition coefficient (Wildman–Crippen LogP) is 8.42. The number of ether oxygens (including phenoxy) is 2. The van der Waals surface area contributed by atoms with Gasteiger partial charge in [-0.1, -0.05) is 72.6 Å². The number of phenols is 1. The number of fused-ring (bicyclic) bond motifs is 3. The van der Waals surface area contributed by atoms with Gasteiger partial charge in [0.15, 0.2) is 0 Å². The second-order valence-electron chi connectivity index (χ2n) is 16.9. The lowest BCUT2D eigenvalue weighted by Crippen LogP contribution is -2.70. The van der Waals surface area contributed by atoms with Crippen LogP contribution >= 0.6 is 0 Å². The van der Waals surface area contributed by atoms with Crippen molar-refractivity contribution in [3.63, 3.8) is 0 Å². The minimum absolute atomic E-state index is 0.0771. The summed E-state index contributed by atoms with van der Waals surface area (Å²) in [7, 11) is 0. The first-order chi connectivity index (χ1) is 26.6. The zero-order valence-electron chi connectivity index (χ0n) is 32.7. The van der Waals surface area contributed by atoms with Crippen LogP contribution in [0.15, 0.2) is 90.1 Å². The molecule has 3 N–H and O–H groups in total. The highest BCUT2D eigenvalue weighted by Gasteiger charge is 2.66. The highest BCUT2D eigenvalue weighted by molar-refractivity contribution is 6.03. The van der Waals surface area contributed by atoms with E-state index < -0.39 is 23.3 Å². The van der Waals surface area contributed by atoms with Gasteiger partial charge in [-0.25, -0.2) is 0 Å². The van der Waals surface area contributed by atoms with E-state index in [0.29, 0.717) is 31.6 Å². The number of allylic oxidation sites excluding steroid dienone is 1. The van der Waals surface area contributed by atoms with Crippen molar-refractivity contribution in [1.82, 2.24) is 4.90 Å². The number of rotatable bonds is 16. The monoisotopic (exact) mass is 750 g/mol. The molecule has 0 radical (unpaired) electrons. The number of aliphatic hydroxyl groups is 2. The van der Waals surface area contributed by atoms with Gasteiger partial charge in [0, 0.05) is 43.6 Å². The minimum Gasteiger partial charge on any atom is -0.508 e. The molecular weight excluding hydrogens is 693 g/mol. The molecule has 9 heteroatoms. The van der Waals surface area contributed by atoms with Gasteiger partial charge in [0.1, 0.15) is 23.1 Å². The van der Waals surface area contributed by atoms with Gasteiger partial charge in [-0.15, -0.1) is 6.58 Å². The van der Waals surface area contributed by atoms with Gasteiger partial charge in [-0.3, -0.25) is 4.79 Å². The first kappa shape index (κ1) is 39.1. The van der Waals surface area contributed by atoms with Crippen LogP contribution in [-0.4, -0.2) is 69.1 Å². The fraction of sp³-hybridized carbons (Fsp3) is 0.522. The fourth-order valence-electron chi connectivity index (χ4n) is 9.37. The van der Waals surface area contributed by atoms with E-state index in [1.54, 1.807) is 12.1 Å². The maximum Gasteiger partial charge on any atom is 0.239 e. The number of oxime groups is 1. The second kappa shape index (κ2) is 16.5. The fourth-order valence-corrected chi connectivity index (χ4v) is 9.37. The third kappa shape index (κ3) is 8.07. The Morgan fingerprint density at radius 2 is 1.76 bits per heavy atom. The first-order valence-electron chi connectivity index (χ1n) is 20.3. The van der Waals surface area contributed by atoms with Gasteiger partial charge in [0.25, 0.3) is 0 Å². The quantitative estimate of drug-likeness (QED) is 0.0764. The Hall–Kier alpha value is -4.18. The molecule has 0 bridgehead atoms. The average Bonchev–Trinajstić information content (AvgIpc) is 4.02. The molecule has 1 aliphatic heterocycles. The number of hydrogen-bond donors (Lipinski definition) is 3. The Labute approximate surface area is 325 Å². The largest absolute Gasteiger partial charge is 0.508 e. The van der Waals surface area contributed by atoms with Crippen LogP contribution in [0.5, 0.6) is 11.5 Å². The number of nitrogens with zero attached hydrogens (tertiary/aromatic N) is 2. The van der Waals surface area contributed by atoms with Gasteiger partial charge in [0.05, 0.1) is 18.2 Å². The molecule has 3 aliphatic carbocycles. The van der Waals surface area contributed by atoms with Crippen LogP contribution in [0.3, 0.4) is 0 Å². The number of hydrogen-bond acceptors (Lipinski definition) is 8. The van der Waals surface area contributed by atoms with Crippen molar-refractivity contribution in [1.29, 1.82) is 0 Å². The zero-order chi connectivity index (χ0) is 38.7. The van der Waals surface area contributed by atoms with Crippen LogP contribution in [0.1, 0.15) is 95.6 Å².